The fourth-order valence-electron chi connectivity index (χ4n) is 1.94. The second-order valence-corrected chi connectivity index (χ2v) is 4.52. The highest BCUT2D eigenvalue weighted by Crippen LogP contribution is 2.16. The van der Waals surface area contributed by atoms with Crippen LogP contribution in [0.4, 0.5) is 5.95 Å². The Bertz CT molecular complexity index is 369. The van der Waals surface area contributed by atoms with Crippen molar-refractivity contribution in [3.05, 3.63) is 5.28 Å². The molecular formula is C10H16ClN5O. The minimum Gasteiger partial charge on any atom is -0.462 e. The zero-order valence-corrected chi connectivity index (χ0v) is 10.5. The van der Waals surface area contributed by atoms with Crippen LogP contribution < -0.4 is 10.5 Å². The van der Waals surface area contributed by atoms with Gasteiger partial charge in [0, 0.05) is 6.04 Å². The van der Waals surface area contributed by atoms with Crippen LogP contribution in [0.3, 0.4) is 0 Å². The SMILES string of the molecule is CN1CCCCC1COc1nc(N)nc(Cl)n1. The summed E-state index contributed by atoms with van der Waals surface area (Å²) in [5.41, 5.74) is 5.46. The summed E-state index contributed by atoms with van der Waals surface area (Å²) < 4.78 is 5.51. The molecule has 1 aliphatic rings. The molecule has 1 fully saturated rings. The van der Waals surface area contributed by atoms with Crippen molar-refractivity contribution in [2.75, 3.05) is 25.9 Å². The quantitative estimate of drug-likeness (QED) is 0.870. The Morgan fingerprint density at radius 1 is 1.41 bits per heavy atom. The summed E-state index contributed by atoms with van der Waals surface area (Å²) in [6.07, 6.45) is 3.61. The number of halogens is 1. The minimum atomic E-state index is 0.0597. The molecule has 17 heavy (non-hydrogen) atoms. The predicted octanol–water partition coefficient (Wildman–Crippen LogP) is 0.970. The number of likely N-dealkylation sites (N-methyl/N-ethyl adjacent to an activating group) is 1. The standard InChI is InChI=1S/C10H16ClN5O/c1-16-5-3-2-4-7(16)6-17-10-14-8(11)13-9(12)15-10/h7H,2-6H2,1H3,(H2,12,13,14,15). The van der Waals surface area contributed by atoms with Crippen LogP contribution >= 0.6 is 11.6 Å². The molecule has 0 amide bonds. The van der Waals surface area contributed by atoms with E-state index >= 15 is 0 Å². The van der Waals surface area contributed by atoms with E-state index in [-0.39, 0.29) is 17.2 Å². The number of hydrogen-bond acceptors (Lipinski definition) is 6. The van der Waals surface area contributed by atoms with Gasteiger partial charge in [0.2, 0.25) is 11.2 Å². The van der Waals surface area contributed by atoms with Gasteiger partial charge in [-0.25, -0.2) is 0 Å². The fourth-order valence-corrected chi connectivity index (χ4v) is 2.10. The van der Waals surface area contributed by atoms with Crippen molar-refractivity contribution in [1.82, 2.24) is 19.9 Å². The lowest BCUT2D eigenvalue weighted by atomic mass is 10.0. The van der Waals surface area contributed by atoms with Gasteiger partial charge in [0.15, 0.2) is 0 Å². The Morgan fingerprint density at radius 3 is 2.94 bits per heavy atom. The molecule has 2 rings (SSSR count). The second kappa shape index (κ2) is 5.46. The molecule has 1 unspecified atom stereocenters. The monoisotopic (exact) mass is 257 g/mol. The van der Waals surface area contributed by atoms with E-state index < -0.39 is 0 Å². The smallest absolute Gasteiger partial charge is 0.322 e. The number of ether oxygens (including phenoxy) is 1. The first-order chi connectivity index (χ1) is 8.15. The number of piperidine rings is 1. The van der Waals surface area contributed by atoms with E-state index in [0.717, 1.165) is 13.0 Å². The summed E-state index contributed by atoms with van der Waals surface area (Å²) in [6.45, 7) is 1.66. The van der Waals surface area contributed by atoms with Crippen molar-refractivity contribution in [3.63, 3.8) is 0 Å². The van der Waals surface area contributed by atoms with Gasteiger partial charge in [0.1, 0.15) is 6.61 Å². The van der Waals surface area contributed by atoms with Crippen LogP contribution in [0.15, 0.2) is 0 Å². The van der Waals surface area contributed by atoms with Crippen molar-refractivity contribution >= 4 is 17.5 Å². The van der Waals surface area contributed by atoms with E-state index in [1.165, 1.54) is 12.8 Å². The molecule has 1 aromatic heterocycles. The molecule has 0 radical (unpaired) electrons. The lowest BCUT2D eigenvalue weighted by molar-refractivity contribution is 0.120. The van der Waals surface area contributed by atoms with Gasteiger partial charge in [-0.15, -0.1) is 0 Å². The Labute approximate surface area is 105 Å². The van der Waals surface area contributed by atoms with Crippen LogP contribution in [0, 0.1) is 0 Å². The summed E-state index contributed by atoms with van der Waals surface area (Å²) in [5.74, 6) is 0.0806. The number of nitrogens with two attached hydrogens (primary N) is 1. The summed E-state index contributed by atoms with van der Waals surface area (Å²) in [5, 5.41) is 0.0597. The average Bonchev–Trinajstić information content (AvgIpc) is 2.27. The van der Waals surface area contributed by atoms with Crippen LogP contribution in [0.25, 0.3) is 0 Å². The molecule has 6 nitrogen and oxygen atoms in total. The van der Waals surface area contributed by atoms with Crippen LogP contribution in [-0.2, 0) is 0 Å². The number of anilines is 1. The van der Waals surface area contributed by atoms with Crippen molar-refractivity contribution < 1.29 is 4.74 Å². The van der Waals surface area contributed by atoms with Gasteiger partial charge in [0.25, 0.3) is 0 Å². The molecule has 1 saturated heterocycles. The Morgan fingerprint density at radius 2 is 2.24 bits per heavy atom. The van der Waals surface area contributed by atoms with E-state index in [1.807, 2.05) is 0 Å². The summed E-state index contributed by atoms with van der Waals surface area (Å²) in [7, 11) is 2.10. The van der Waals surface area contributed by atoms with Gasteiger partial charge in [-0.3, -0.25) is 0 Å². The van der Waals surface area contributed by atoms with E-state index in [9.17, 15) is 0 Å². The molecule has 1 atom stereocenters. The van der Waals surface area contributed by atoms with Crippen LogP contribution in [-0.4, -0.2) is 46.1 Å². The van der Waals surface area contributed by atoms with Crippen molar-refractivity contribution in [3.8, 4) is 6.01 Å². The summed E-state index contributed by atoms with van der Waals surface area (Å²) >= 11 is 5.67. The fraction of sp³-hybridized carbons (Fsp3) is 0.700. The molecular weight excluding hydrogens is 242 g/mol. The van der Waals surface area contributed by atoms with Crippen LogP contribution in [0.2, 0.25) is 5.28 Å². The van der Waals surface area contributed by atoms with Crippen molar-refractivity contribution in [2.24, 2.45) is 0 Å². The number of nitrogens with zero attached hydrogens (tertiary/aromatic N) is 4. The molecule has 0 aromatic carbocycles. The van der Waals surface area contributed by atoms with Crippen molar-refractivity contribution in [2.45, 2.75) is 25.3 Å². The third kappa shape index (κ3) is 3.41. The zero-order chi connectivity index (χ0) is 12.3. The summed E-state index contributed by atoms with van der Waals surface area (Å²) in [6, 6.07) is 0.599. The zero-order valence-electron chi connectivity index (χ0n) is 9.77. The van der Waals surface area contributed by atoms with Crippen molar-refractivity contribution in [1.29, 1.82) is 0 Å². The Balaban J connectivity index is 1.92. The van der Waals surface area contributed by atoms with Crippen LogP contribution in [0.5, 0.6) is 6.01 Å². The molecule has 0 aliphatic carbocycles. The molecule has 0 bridgehead atoms. The molecule has 94 valence electrons. The highest BCUT2D eigenvalue weighted by Gasteiger charge is 2.19. The maximum absolute atomic E-state index is 5.67. The molecule has 1 aliphatic heterocycles. The minimum absolute atomic E-state index is 0.0597. The number of nitrogen functional groups attached to an aromatic ring is 1. The first kappa shape index (κ1) is 12.3. The lowest BCUT2D eigenvalue weighted by Gasteiger charge is -2.31. The van der Waals surface area contributed by atoms with E-state index in [1.54, 1.807) is 0 Å². The van der Waals surface area contributed by atoms with Gasteiger partial charge >= 0.3 is 6.01 Å². The van der Waals surface area contributed by atoms with E-state index in [4.69, 9.17) is 22.1 Å². The molecule has 0 spiro atoms. The topological polar surface area (TPSA) is 77.2 Å². The molecule has 2 heterocycles. The first-order valence-electron chi connectivity index (χ1n) is 5.65. The predicted molar refractivity (Wildman–Crippen MR) is 65.0 cm³/mol. The highest BCUT2D eigenvalue weighted by molar-refractivity contribution is 6.28. The maximum atomic E-state index is 5.67. The molecule has 1 aromatic rings. The number of aromatic nitrogens is 3. The van der Waals surface area contributed by atoms with Crippen LogP contribution in [0.1, 0.15) is 19.3 Å². The van der Waals surface area contributed by atoms with Gasteiger partial charge in [-0.05, 0) is 38.0 Å². The van der Waals surface area contributed by atoms with Gasteiger partial charge in [0.05, 0.1) is 0 Å². The summed E-state index contributed by atoms with van der Waals surface area (Å²) in [4.78, 5) is 13.7. The number of rotatable bonds is 3. The largest absolute Gasteiger partial charge is 0.462 e. The number of hydrogen-bond donors (Lipinski definition) is 1. The third-order valence-corrected chi connectivity index (χ3v) is 3.10. The number of likely N-dealkylation sites (tertiary alicyclic amines) is 1. The highest BCUT2D eigenvalue weighted by atomic mass is 35.5. The lowest BCUT2D eigenvalue weighted by Crippen LogP contribution is -2.40. The van der Waals surface area contributed by atoms with E-state index in [0.29, 0.717) is 12.6 Å². The van der Waals surface area contributed by atoms with Gasteiger partial charge in [-0.2, -0.15) is 15.0 Å². The normalized spacial score (nSPS) is 21.4. The second-order valence-electron chi connectivity index (χ2n) is 4.19. The Kier molecular flexibility index (Phi) is 3.96. The first-order valence-corrected chi connectivity index (χ1v) is 6.03. The molecule has 7 heteroatoms. The molecule has 2 N–H and O–H groups in total. The molecule has 0 saturated carbocycles. The Hall–Kier alpha value is -1.14. The van der Waals surface area contributed by atoms with Gasteiger partial charge < -0.3 is 15.4 Å². The third-order valence-electron chi connectivity index (χ3n) is 2.93. The average molecular weight is 258 g/mol. The van der Waals surface area contributed by atoms with Gasteiger partial charge in [-0.1, -0.05) is 6.42 Å². The maximum Gasteiger partial charge on any atom is 0.322 e. The van der Waals surface area contributed by atoms with E-state index in [2.05, 4.69) is 26.9 Å².